The molecule has 96 valence electrons. The molecule has 2 rings (SSSR count). The van der Waals surface area contributed by atoms with Gasteiger partial charge in [0.15, 0.2) is 5.82 Å². The third kappa shape index (κ3) is 2.96. The highest BCUT2D eigenvalue weighted by atomic mass is 35.5. The first-order valence-electron chi connectivity index (χ1n) is 5.45. The lowest BCUT2D eigenvalue weighted by Crippen LogP contribution is -2.15. The number of hydrogen-bond acceptors (Lipinski definition) is 5. The first-order chi connectivity index (χ1) is 8.70. The van der Waals surface area contributed by atoms with Crippen molar-refractivity contribution in [2.75, 3.05) is 7.11 Å². The van der Waals surface area contributed by atoms with Crippen molar-refractivity contribution in [1.29, 1.82) is 0 Å². The molecule has 0 unspecified atom stereocenters. The first kappa shape index (κ1) is 12.8. The molecule has 0 spiro atoms. The summed E-state index contributed by atoms with van der Waals surface area (Å²) in [7, 11) is 3.35. The minimum atomic E-state index is 0.530. The molecule has 2 aromatic rings. The molecule has 1 aromatic carbocycles. The van der Waals surface area contributed by atoms with Crippen LogP contribution in [0, 0.1) is 0 Å². The Bertz CT molecular complexity index is 528. The molecular formula is C11H14ClN5O. The van der Waals surface area contributed by atoms with Crippen LogP contribution in [0.2, 0.25) is 5.02 Å². The van der Waals surface area contributed by atoms with Gasteiger partial charge in [0.1, 0.15) is 5.75 Å². The number of nitrogens with zero attached hydrogens (tertiary/aromatic N) is 4. The summed E-state index contributed by atoms with van der Waals surface area (Å²) in [4.78, 5) is 1.42. The van der Waals surface area contributed by atoms with Crippen molar-refractivity contribution in [2.24, 2.45) is 7.05 Å². The van der Waals surface area contributed by atoms with Crippen LogP contribution in [0.25, 0.3) is 0 Å². The van der Waals surface area contributed by atoms with Crippen LogP contribution in [0.15, 0.2) is 18.2 Å². The zero-order valence-corrected chi connectivity index (χ0v) is 11.0. The van der Waals surface area contributed by atoms with Crippen molar-refractivity contribution in [3.63, 3.8) is 0 Å². The number of methoxy groups -OCH3 is 1. The lowest BCUT2D eigenvalue weighted by molar-refractivity contribution is 0.407. The average molecular weight is 268 g/mol. The number of tetrazole rings is 1. The summed E-state index contributed by atoms with van der Waals surface area (Å²) >= 11 is 6.13. The highest BCUT2D eigenvalue weighted by Gasteiger charge is 2.07. The van der Waals surface area contributed by atoms with E-state index in [0.29, 0.717) is 23.9 Å². The molecule has 18 heavy (non-hydrogen) atoms. The number of aromatic nitrogens is 4. The lowest BCUT2D eigenvalue weighted by atomic mass is 10.2. The molecule has 1 aromatic heterocycles. The Kier molecular flexibility index (Phi) is 4.11. The van der Waals surface area contributed by atoms with E-state index in [1.54, 1.807) is 14.2 Å². The summed E-state index contributed by atoms with van der Waals surface area (Å²) in [5.74, 6) is 1.41. The van der Waals surface area contributed by atoms with Gasteiger partial charge in [-0.05, 0) is 17.3 Å². The fraction of sp³-hybridized carbons (Fsp3) is 0.364. The van der Waals surface area contributed by atoms with Crippen LogP contribution < -0.4 is 10.1 Å². The molecule has 0 aliphatic heterocycles. The van der Waals surface area contributed by atoms with Gasteiger partial charge in [-0.15, -0.1) is 10.2 Å². The van der Waals surface area contributed by atoms with E-state index in [-0.39, 0.29) is 0 Å². The SMILES string of the molecule is COc1cccc(Cl)c1CNCc1nnn(C)n1. The number of aryl methyl sites for hydroxylation is 1. The van der Waals surface area contributed by atoms with Gasteiger partial charge in [-0.1, -0.05) is 17.7 Å². The van der Waals surface area contributed by atoms with Gasteiger partial charge < -0.3 is 10.1 Å². The largest absolute Gasteiger partial charge is 0.496 e. The minimum Gasteiger partial charge on any atom is -0.496 e. The van der Waals surface area contributed by atoms with Crippen molar-refractivity contribution in [2.45, 2.75) is 13.1 Å². The third-order valence-electron chi connectivity index (χ3n) is 2.43. The van der Waals surface area contributed by atoms with E-state index < -0.39 is 0 Å². The van der Waals surface area contributed by atoms with Gasteiger partial charge in [0.2, 0.25) is 0 Å². The van der Waals surface area contributed by atoms with Crippen LogP contribution in [-0.2, 0) is 20.1 Å². The summed E-state index contributed by atoms with van der Waals surface area (Å²) < 4.78 is 5.26. The smallest absolute Gasteiger partial charge is 0.188 e. The maximum Gasteiger partial charge on any atom is 0.188 e. The number of ether oxygens (including phenoxy) is 1. The molecule has 7 heteroatoms. The molecule has 0 saturated heterocycles. The van der Waals surface area contributed by atoms with Crippen molar-refractivity contribution in [3.05, 3.63) is 34.6 Å². The van der Waals surface area contributed by atoms with Gasteiger partial charge in [-0.2, -0.15) is 4.80 Å². The van der Waals surface area contributed by atoms with E-state index in [4.69, 9.17) is 16.3 Å². The molecule has 0 fully saturated rings. The Labute approximate surface area is 110 Å². The summed E-state index contributed by atoms with van der Waals surface area (Å²) in [5, 5.41) is 15.6. The molecule has 0 bridgehead atoms. The standard InChI is InChI=1S/C11H14ClN5O/c1-17-15-11(14-16-17)7-13-6-8-9(12)4-3-5-10(8)18-2/h3-5,13H,6-7H2,1-2H3. The second-order valence-corrected chi connectivity index (χ2v) is 4.13. The number of halogens is 1. The Morgan fingerprint density at radius 3 is 2.89 bits per heavy atom. The summed E-state index contributed by atoms with van der Waals surface area (Å²) in [5.41, 5.74) is 0.922. The normalized spacial score (nSPS) is 10.6. The molecule has 0 saturated carbocycles. The van der Waals surface area contributed by atoms with Gasteiger partial charge in [0, 0.05) is 17.1 Å². The number of rotatable bonds is 5. The lowest BCUT2D eigenvalue weighted by Gasteiger charge is -2.10. The Balaban J connectivity index is 1.98. The van der Waals surface area contributed by atoms with Crippen LogP contribution in [0.4, 0.5) is 0 Å². The minimum absolute atomic E-state index is 0.530. The molecule has 6 nitrogen and oxygen atoms in total. The molecule has 0 amide bonds. The molecule has 0 aliphatic rings. The maximum atomic E-state index is 6.13. The Morgan fingerprint density at radius 2 is 2.22 bits per heavy atom. The highest BCUT2D eigenvalue weighted by molar-refractivity contribution is 6.31. The van der Waals surface area contributed by atoms with Gasteiger partial charge in [-0.3, -0.25) is 0 Å². The van der Waals surface area contributed by atoms with E-state index in [2.05, 4.69) is 20.7 Å². The molecule has 0 atom stereocenters. The zero-order valence-electron chi connectivity index (χ0n) is 10.2. The van der Waals surface area contributed by atoms with Crippen molar-refractivity contribution in [3.8, 4) is 5.75 Å². The third-order valence-corrected chi connectivity index (χ3v) is 2.78. The van der Waals surface area contributed by atoms with E-state index in [0.717, 1.165) is 11.3 Å². The topological polar surface area (TPSA) is 64.9 Å². The van der Waals surface area contributed by atoms with E-state index in [1.165, 1.54) is 4.80 Å². The van der Waals surface area contributed by atoms with Crippen LogP contribution in [-0.4, -0.2) is 27.3 Å². The van der Waals surface area contributed by atoms with Crippen molar-refractivity contribution in [1.82, 2.24) is 25.5 Å². The van der Waals surface area contributed by atoms with E-state index >= 15 is 0 Å². The Morgan fingerprint density at radius 1 is 1.39 bits per heavy atom. The fourth-order valence-electron chi connectivity index (χ4n) is 1.60. The molecular weight excluding hydrogens is 254 g/mol. The molecule has 0 radical (unpaired) electrons. The van der Waals surface area contributed by atoms with E-state index in [9.17, 15) is 0 Å². The Hall–Kier alpha value is -1.66. The number of hydrogen-bond donors (Lipinski definition) is 1. The number of benzene rings is 1. The average Bonchev–Trinajstić information content (AvgIpc) is 2.77. The summed E-state index contributed by atoms with van der Waals surface area (Å²) in [6.07, 6.45) is 0. The molecule has 0 aliphatic carbocycles. The van der Waals surface area contributed by atoms with Gasteiger partial charge in [-0.25, -0.2) is 0 Å². The molecule has 1 N–H and O–H groups in total. The van der Waals surface area contributed by atoms with Crippen molar-refractivity contribution < 1.29 is 4.74 Å². The summed E-state index contributed by atoms with van der Waals surface area (Å²) in [6.45, 7) is 1.11. The number of nitrogens with one attached hydrogen (secondary N) is 1. The fourth-order valence-corrected chi connectivity index (χ4v) is 1.83. The maximum absolute atomic E-state index is 6.13. The van der Waals surface area contributed by atoms with Crippen molar-refractivity contribution >= 4 is 11.6 Å². The van der Waals surface area contributed by atoms with Gasteiger partial charge >= 0.3 is 0 Å². The summed E-state index contributed by atoms with van der Waals surface area (Å²) in [6, 6.07) is 5.57. The first-order valence-corrected chi connectivity index (χ1v) is 5.83. The molecule has 1 heterocycles. The zero-order chi connectivity index (χ0) is 13.0. The van der Waals surface area contributed by atoms with Crippen LogP contribution in [0.1, 0.15) is 11.4 Å². The van der Waals surface area contributed by atoms with Crippen LogP contribution >= 0.6 is 11.6 Å². The second kappa shape index (κ2) is 5.79. The quantitative estimate of drug-likeness (QED) is 0.881. The van der Waals surface area contributed by atoms with Crippen LogP contribution in [0.5, 0.6) is 5.75 Å². The van der Waals surface area contributed by atoms with Gasteiger partial charge in [0.05, 0.1) is 20.7 Å². The highest BCUT2D eigenvalue weighted by Crippen LogP contribution is 2.25. The van der Waals surface area contributed by atoms with Crippen LogP contribution in [0.3, 0.4) is 0 Å². The van der Waals surface area contributed by atoms with E-state index in [1.807, 2.05) is 18.2 Å². The predicted molar refractivity (Wildman–Crippen MR) is 67.3 cm³/mol. The van der Waals surface area contributed by atoms with Gasteiger partial charge in [0.25, 0.3) is 0 Å². The predicted octanol–water partition coefficient (Wildman–Crippen LogP) is 1.16. The monoisotopic (exact) mass is 267 g/mol. The second-order valence-electron chi connectivity index (χ2n) is 3.72.